The maximum Gasteiger partial charge on any atom is 0.264 e. The molecule has 1 rings (SSSR count). The summed E-state index contributed by atoms with van der Waals surface area (Å²) >= 11 is 3.22. The summed E-state index contributed by atoms with van der Waals surface area (Å²) in [7, 11) is -3.85. The summed E-state index contributed by atoms with van der Waals surface area (Å²) in [6.45, 7) is 2.98. The first-order valence-electron chi connectivity index (χ1n) is 5.84. The molecule has 0 aromatic heterocycles. The van der Waals surface area contributed by atoms with Gasteiger partial charge in [0.2, 0.25) is 11.8 Å². The number of sulfonamides is 1. The Morgan fingerprint density at radius 2 is 1.80 bits per heavy atom. The van der Waals surface area contributed by atoms with Crippen LogP contribution in [0.1, 0.15) is 20.3 Å². The minimum atomic E-state index is -3.85. The number of anilines is 1. The molecule has 0 spiro atoms. The molecular formula is C12H15BrN2O4S. The molecule has 2 N–H and O–H groups in total. The normalized spacial score (nSPS) is 12.6. The van der Waals surface area contributed by atoms with E-state index in [9.17, 15) is 18.0 Å². The van der Waals surface area contributed by atoms with E-state index in [-0.39, 0.29) is 15.6 Å². The number of benzene rings is 1. The fourth-order valence-corrected chi connectivity index (χ4v) is 2.48. The second-order valence-electron chi connectivity index (χ2n) is 4.05. The molecule has 0 heterocycles. The highest BCUT2D eigenvalue weighted by molar-refractivity contribution is 9.10. The number of hydrogen-bond donors (Lipinski definition) is 2. The first-order chi connectivity index (χ1) is 9.26. The lowest BCUT2D eigenvalue weighted by Crippen LogP contribution is -2.28. The molecule has 0 aliphatic heterocycles. The van der Waals surface area contributed by atoms with Crippen LogP contribution in [0.15, 0.2) is 29.2 Å². The Morgan fingerprint density at radius 1 is 1.25 bits per heavy atom. The van der Waals surface area contributed by atoms with E-state index in [1.807, 2.05) is 11.6 Å². The highest BCUT2D eigenvalue weighted by Gasteiger charge is 2.16. The Kier molecular flexibility index (Phi) is 5.70. The van der Waals surface area contributed by atoms with Gasteiger partial charge in [-0.2, -0.15) is 0 Å². The van der Waals surface area contributed by atoms with Gasteiger partial charge in [-0.3, -0.25) is 9.59 Å². The minimum Gasteiger partial charge on any atom is -0.325 e. The van der Waals surface area contributed by atoms with Crippen molar-refractivity contribution in [2.45, 2.75) is 30.0 Å². The summed E-state index contributed by atoms with van der Waals surface area (Å²) in [5.41, 5.74) is 0.481. The molecule has 0 saturated heterocycles. The highest BCUT2D eigenvalue weighted by Crippen LogP contribution is 2.15. The maximum atomic E-state index is 11.7. The standard InChI is InChI=1S/C12H15BrN2O4S/c1-3-11(13)12(17)14-9-4-6-10(7-5-9)20(18,19)15-8(2)16/h4-7,11H,3H2,1-2H3,(H,14,17)(H,15,16)/t11-/m0/s1. The van der Waals surface area contributed by atoms with Crippen LogP contribution in [0.5, 0.6) is 0 Å². The predicted molar refractivity (Wildman–Crippen MR) is 79.1 cm³/mol. The van der Waals surface area contributed by atoms with Crippen molar-refractivity contribution in [3.63, 3.8) is 0 Å². The zero-order valence-corrected chi connectivity index (χ0v) is 13.4. The Balaban J connectivity index is 2.84. The van der Waals surface area contributed by atoms with Crippen LogP contribution >= 0.6 is 15.9 Å². The van der Waals surface area contributed by atoms with Gasteiger partial charge in [-0.25, -0.2) is 13.1 Å². The van der Waals surface area contributed by atoms with E-state index in [2.05, 4.69) is 21.2 Å². The van der Waals surface area contributed by atoms with Crippen molar-refractivity contribution < 1.29 is 18.0 Å². The summed E-state index contributed by atoms with van der Waals surface area (Å²) in [4.78, 5) is 22.1. The number of hydrogen-bond acceptors (Lipinski definition) is 4. The van der Waals surface area contributed by atoms with Crippen molar-refractivity contribution in [3.8, 4) is 0 Å². The fraction of sp³-hybridized carbons (Fsp3) is 0.333. The minimum absolute atomic E-state index is 0.0448. The van der Waals surface area contributed by atoms with E-state index >= 15 is 0 Å². The third-order valence-electron chi connectivity index (χ3n) is 2.35. The summed E-state index contributed by atoms with van der Waals surface area (Å²) in [5.74, 6) is -0.863. The number of carbonyl (C=O) groups is 2. The lowest BCUT2D eigenvalue weighted by Gasteiger charge is -2.09. The average Bonchev–Trinajstić information content (AvgIpc) is 2.36. The van der Waals surface area contributed by atoms with E-state index in [1.54, 1.807) is 0 Å². The number of halogens is 1. The summed E-state index contributed by atoms with van der Waals surface area (Å²) in [6.07, 6.45) is 0.640. The molecular weight excluding hydrogens is 348 g/mol. The Morgan fingerprint density at radius 3 is 2.25 bits per heavy atom. The lowest BCUT2D eigenvalue weighted by atomic mass is 10.3. The smallest absolute Gasteiger partial charge is 0.264 e. The fourth-order valence-electron chi connectivity index (χ4n) is 1.37. The van der Waals surface area contributed by atoms with Crippen molar-refractivity contribution in [2.75, 3.05) is 5.32 Å². The van der Waals surface area contributed by atoms with E-state index in [1.165, 1.54) is 24.3 Å². The number of rotatable bonds is 5. The van der Waals surface area contributed by atoms with Crippen molar-refractivity contribution in [1.82, 2.24) is 4.72 Å². The molecule has 1 aromatic rings. The molecule has 1 aromatic carbocycles. The average molecular weight is 363 g/mol. The first kappa shape index (κ1) is 16.6. The van der Waals surface area contributed by atoms with Crippen LogP contribution in [-0.4, -0.2) is 25.1 Å². The summed E-state index contributed by atoms with van der Waals surface area (Å²) < 4.78 is 25.3. The van der Waals surface area contributed by atoms with Gasteiger partial charge >= 0.3 is 0 Å². The number of amides is 2. The molecule has 0 fully saturated rings. The maximum absolute atomic E-state index is 11.7. The monoisotopic (exact) mass is 362 g/mol. The van der Waals surface area contributed by atoms with E-state index < -0.39 is 15.9 Å². The van der Waals surface area contributed by atoms with E-state index in [4.69, 9.17) is 0 Å². The molecule has 0 radical (unpaired) electrons. The Labute approximate surface area is 126 Å². The van der Waals surface area contributed by atoms with Gasteiger partial charge in [0.05, 0.1) is 9.72 Å². The number of alkyl halides is 1. The number of nitrogens with one attached hydrogen (secondary N) is 2. The molecule has 6 nitrogen and oxygen atoms in total. The molecule has 0 saturated carbocycles. The van der Waals surface area contributed by atoms with Crippen LogP contribution in [0.2, 0.25) is 0 Å². The first-order valence-corrected chi connectivity index (χ1v) is 8.24. The van der Waals surface area contributed by atoms with Crippen molar-refractivity contribution in [3.05, 3.63) is 24.3 Å². The van der Waals surface area contributed by atoms with Crippen molar-refractivity contribution >= 4 is 43.5 Å². The van der Waals surface area contributed by atoms with E-state index in [0.29, 0.717) is 12.1 Å². The summed E-state index contributed by atoms with van der Waals surface area (Å²) in [5, 5.41) is 2.64. The van der Waals surface area contributed by atoms with E-state index in [0.717, 1.165) is 6.92 Å². The van der Waals surface area contributed by atoms with Crippen molar-refractivity contribution in [1.29, 1.82) is 0 Å². The van der Waals surface area contributed by atoms with Gasteiger partial charge in [-0.1, -0.05) is 22.9 Å². The largest absolute Gasteiger partial charge is 0.325 e. The zero-order chi connectivity index (χ0) is 15.3. The van der Waals surface area contributed by atoms with Gasteiger partial charge in [-0.05, 0) is 30.7 Å². The second-order valence-corrected chi connectivity index (χ2v) is 6.84. The molecule has 0 bridgehead atoms. The van der Waals surface area contributed by atoms with Crippen LogP contribution < -0.4 is 10.0 Å². The van der Waals surface area contributed by atoms with Gasteiger partial charge in [0.15, 0.2) is 0 Å². The van der Waals surface area contributed by atoms with Gasteiger partial charge in [0.25, 0.3) is 10.0 Å². The molecule has 0 aliphatic carbocycles. The number of carbonyl (C=O) groups excluding carboxylic acids is 2. The van der Waals surface area contributed by atoms with Gasteiger partial charge in [-0.15, -0.1) is 0 Å². The lowest BCUT2D eigenvalue weighted by molar-refractivity contribution is -0.117. The zero-order valence-electron chi connectivity index (χ0n) is 11.0. The SMILES string of the molecule is CC[C@H](Br)C(=O)Nc1ccc(S(=O)(=O)NC(C)=O)cc1. The Bertz CT molecular complexity index is 598. The third kappa shape index (κ3) is 4.61. The Hall–Kier alpha value is -1.41. The van der Waals surface area contributed by atoms with Crippen LogP contribution in [0.3, 0.4) is 0 Å². The van der Waals surface area contributed by atoms with Crippen LogP contribution in [0.4, 0.5) is 5.69 Å². The van der Waals surface area contributed by atoms with Crippen LogP contribution in [-0.2, 0) is 19.6 Å². The molecule has 20 heavy (non-hydrogen) atoms. The molecule has 2 amide bonds. The van der Waals surface area contributed by atoms with Crippen molar-refractivity contribution in [2.24, 2.45) is 0 Å². The molecule has 0 unspecified atom stereocenters. The predicted octanol–water partition coefficient (Wildman–Crippen LogP) is 1.62. The molecule has 0 aliphatic rings. The second kappa shape index (κ2) is 6.85. The van der Waals surface area contributed by atoms with Crippen LogP contribution in [0.25, 0.3) is 0 Å². The topological polar surface area (TPSA) is 92.3 Å². The molecule has 110 valence electrons. The third-order valence-corrected chi connectivity index (χ3v) is 4.87. The van der Waals surface area contributed by atoms with Gasteiger partial charge < -0.3 is 5.32 Å². The summed E-state index contributed by atoms with van der Waals surface area (Å²) in [6, 6.07) is 5.55. The quantitative estimate of drug-likeness (QED) is 0.778. The molecule has 1 atom stereocenters. The van der Waals surface area contributed by atoms with Crippen LogP contribution in [0, 0.1) is 0 Å². The van der Waals surface area contributed by atoms with Gasteiger partial charge in [0.1, 0.15) is 0 Å². The molecule has 8 heteroatoms. The highest BCUT2D eigenvalue weighted by atomic mass is 79.9. The van der Waals surface area contributed by atoms with Gasteiger partial charge in [0, 0.05) is 12.6 Å².